The second kappa shape index (κ2) is 9.16. The van der Waals surface area contributed by atoms with Gasteiger partial charge in [-0.1, -0.05) is 30.3 Å². The summed E-state index contributed by atoms with van der Waals surface area (Å²) in [5.74, 6) is -0.693. The Bertz CT molecular complexity index is 946. The summed E-state index contributed by atoms with van der Waals surface area (Å²) in [6.45, 7) is 0.0612. The van der Waals surface area contributed by atoms with Gasteiger partial charge in [-0.05, 0) is 41.5 Å². The highest BCUT2D eigenvalue weighted by Crippen LogP contribution is 2.19. The molecular formula is C20H20N4O4S. The van der Waals surface area contributed by atoms with Gasteiger partial charge in [0.25, 0.3) is 11.8 Å². The summed E-state index contributed by atoms with van der Waals surface area (Å²) in [7, 11) is 1.60. The van der Waals surface area contributed by atoms with Gasteiger partial charge in [-0.2, -0.15) is 0 Å². The number of thiocarbonyl (C=S) groups is 1. The molecule has 3 N–H and O–H groups in total. The van der Waals surface area contributed by atoms with Gasteiger partial charge in [-0.15, -0.1) is 0 Å². The van der Waals surface area contributed by atoms with E-state index < -0.39 is 17.7 Å². The van der Waals surface area contributed by atoms with Crippen molar-refractivity contribution in [3.05, 3.63) is 65.2 Å². The lowest BCUT2D eigenvalue weighted by Gasteiger charge is -2.26. The molecule has 9 heteroatoms. The summed E-state index contributed by atoms with van der Waals surface area (Å²) in [4.78, 5) is 37.7. The number of nitrogens with one attached hydrogen (secondary N) is 3. The number of benzene rings is 2. The maximum Gasteiger partial charge on any atom is 0.261 e. The molecule has 0 saturated carbocycles. The van der Waals surface area contributed by atoms with Crippen LogP contribution in [0.25, 0.3) is 0 Å². The SMILES string of the molecule is COc1ccc(CNC(=S)NNC(=O)CN2C(=O)Cc3ccccc3C2=O)cc1. The Kier molecular flexibility index (Phi) is 6.40. The number of hydrogen-bond donors (Lipinski definition) is 3. The number of rotatable bonds is 5. The molecule has 3 amide bonds. The van der Waals surface area contributed by atoms with Crippen LogP contribution in [0.3, 0.4) is 0 Å². The number of amides is 3. The first-order chi connectivity index (χ1) is 14.0. The fraction of sp³-hybridized carbons (Fsp3) is 0.200. The van der Waals surface area contributed by atoms with Crippen LogP contribution in [0.15, 0.2) is 48.5 Å². The Hall–Kier alpha value is -3.46. The quantitative estimate of drug-likeness (QED) is 0.381. The van der Waals surface area contributed by atoms with E-state index in [4.69, 9.17) is 17.0 Å². The molecule has 0 atom stereocenters. The van der Waals surface area contributed by atoms with E-state index in [9.17, 15) is 14.4 Å². The van der Waals surface area contributed by atoms with Gasteiger partial charge < -0.3 is 10.1 Å². The third-order valence-electron chi connectivity index (χ3n) is 4.36. The molecule has 0 radical (unpaired) electrons. The zero-order chi connectivity index (χ0) is 20.8. The maximum absolute atomic E-state index is 12.5. The molecular weight excluding hydrogens is 392 g/mol. The smallest absolute Gasteiger partial charge is 0.261 e. The Labute approximate surface area is 173 Å². The van der Waals surface area contributed by atoms with Crippen molar-refractivity contribution in [3.8, 4) is 5.75 Å². The fourth-order valence-corrected chi connectivity index (χ4v) is 2.96. The van der Waals surface area contributed by atoms with E-state index in [-0.39, 0.29) is 18.1 Å². The maximum atomic E-state index is 12.5. The van der Waals surface area contributed by atoms with Gasteiger partial charge in [-0.25, -0.2) is 0 Å². The summed E-state index contributed by atoms with van der Waals surface area (Å²) >= 11 is 5.11. The van der Waals surface area contributed by atoms with E-state index in [2.05, 4.69) is 16.2 Å². The average Bonchev–Trinajstić information content (AvgIpc) is 2.74. The third-order valence-corrected chi connectivity index (χ3v) is 4.61. The van der Waals surface area contributed by atoms with Crippen LogP contribution >= 0.6 is 12.2 Å². The van der Waals surface area contributed by atoms with Crippen LogP contribution < -0.4 is 20.9 Å². The number of carbonyl (C=O) groups is 3. The number of methoxy groups -OCH3 is 1. The molecule has 0 fully saturated rings. The summed E-state index contributed by atoms with van der Waals surface area (Å²) < 4.78 is 5.10. The number of hydrogen-bond acceptors (Lipinski definition) is 5. The summed E-state index contributed by atoms with van der Waals surface area (Å²) in [6, 6.07) is 14.3. The van der Waals surface area contributed by atoms with Gasteiger partial charge in [0.1, 0.15) is 12.3 Å². The Morgan fingerprint density at radius 1 is 1.10 bits per heavy atom. The molecule has 2 aromatic rings. The normalized spacial score (nSPS) is 12.8. The number of carbonyl (C=O) groups excluding carboxylic acids is 3. The number of imide groups is 1. The Morgan fingerprint density at radius 3 is 2.55 bits per heavy atom. The summed E-state index contributed by atoms with van der Waals surface area (Å²) in [6.07, 6.45) is 0.0877. The molecule has 1 heterocycles. The van der Waals surface area contributed by atoms with Crippen LogP contribution in [0.4, 0.5) is 0 Å². The molecule has 0 bridgehead atoms. The molecule has 8 nitrogen and oxygen atoms in total. The van der Waals surface area contributed by atoms with Crippen molar-refractivity contribution in [3.63, 3.8) is 0 Å². The van der Waals surface area contributed by atoms with Crippen molar-refractivity contribution < 1.29 is 19.1 Å². The highest BCUT2D eigenvalue weighted by molar-refractivity contribution is 7.80. The lowest BCUT2D eigenvalue weighted by atomic mass is 9.98. The van der Waals surface area contributed by atoms with E-state index in [0.29, 0.717) is 17.7 Å². The van der Waals surface area contributed by atoms with Crippen LogP contribution in [-0.2, 0) is 22.6 Å². The lowest BCUT2D eigenvalue weighted by Crippen LogP contribution is -2.52. The van der Waals surface area contributed by atoms with E-state index in [1.807, 2.05) is 24.3 Å². The molecule has 0 aliphatic carbocycles. The number of ether oxygens (including phenoxy) is 1. The number of hydrazine groups is 1. The molecule has 1 aliphatic rings. The van der Waals surface area contributed by atoms with Crippen molar-refractivity contribution in [2.24, 2.45) is 0 Å². The largest absolute Gasteiger partial charge is 0.497 e. The highest BCUT2D eigenvalue weighted by Gasteiger charge is 2.31. The first kappa shape index (κ1) is 20.3. The molecule has 1 aliphatic heterocycles. The minimum absolute atomic E-state index is 0.0877. The van der Waals surface area contributed by atoms with E-state index in [1.165, 1.54) is 0 Å². The van der Waals surface area contributed by atoms with Crippen LogP contribution in [0, 0.1) is 0 Å². The van der Waals surface area contributed by atoms with Gasteiger partial charge in [0.15, 0.2) is 5.11 Å². The number of nitrogens with zero attached hydrogens (tertiary/aromatic N) is 1. The average molecular weight is 412 g/mol. The second-order valence-corrected chi connectivity index (χ2v) is 6.73. The molecule has 29 heavy (non-hydrogen) atoms. The van der Waals surface area contributed by atoms with Crippen molar-refractivity contribution >= 4 is 35.1 Å². The van der Waals surface area contributed by atoms with Crippen molar-refractivity contribution in [1.82, 2.24) is 21.1 Å². The predicted molar refractivity (Wildman–Crippen MR) is 110 cm³/mol. The minimum atomic E-state index is -0.556. The topological polar surface area (TPSA) is 99.8 Å². The molecule has 2 aromatic carbocycles. The second-order valence-electron chi connectivity index (χ2n) is 6.32. The zero-order valence-electron chi connectivity index (χ0n) is 15.7. The first-order valence-electron chi connectivity index (χ1n) is 8.86. The van der Waals surface area contributed by atoms with Gasteiger partial charge >= 0.3 is 0 Å². The van der Waals surface area contributed by atoms with Crippen LogP contribution in [0.1, 0.15) is 21.5 Å². The van der Waals surface area contributed by atoms with E-state index in [1.54, 1.807) is 31.4 Å². The van der Waals surface area contributed by atoms with Gasteiger partial charge in [-0.3, -0.25) is 30.1 Å². The minimum Gasteiger partial charge on any atom is -0.497 e. The van der Waals surface area contributed by atoms with Gasteiger partial charge in [0, 0.05) is 12.1 Å². The Morgan fingerprint density at radius 2 is 1.83 bits per heavy atom. The van der Waals surface area contributed by atoms with Crippen molar-refractivity contribution in [2.75, 3.05) is 13.7 Å². The Balaban J connectivity index is 1.46. The van der Waals surface area contributed by atoms with Gasteiger partial charge in [0.2, 0.25) is 5.91 Å². The predicted octanol–water partition coefficient (Wildman–Crippen LogP) is 0.916. The van der Waals surface area contributed by atoms with Crippen LogP contribution in [0.5, 0.6) is 5.75 Å². The summed E-state index contributed by atoms with van der Waals surface area (Å²) in [5.41, 5.74) is 7.03. The molecule has 0 aromatic heterocycles. The van der Waals surface area contributed by atoms with Gasteiger partial charge in [0.05, 0.1) is 13.5 Å². The zero-order valence-corrected chi connectivity index (χ0v) is 16.5. The fourth-order valence-electron chi connectivity index (χ4n) is 2.84. The van der Waals surface area contributed by atoms with E-state index in [0.717, 1.165) is 16.2 Å². The molecule has 150 valence electrons. The van der Waals surface area contributed by atoms with Crippen molar-refractivity contribution in [1.29, 1.82) is 0 Å². The van der Waals surface area contributed by atoms with E-state index >= 15 is 0 Å². The monoisotopic (exact) mass is 412 g/mol. The molecule has 3 rings (SSSR count). The molecule has 0 saturated heterocycles. The lowest BCUT2D eigenvalue weighted by molar-refractivity contribution is -0.133. The first-order valence-corrected chi connectivity index (χ1v) is 9.27. The van der Waals surface area contributed by atoms with Crippen LogP contribution in [0.2, 0.25) is 0 Å². The number of fused-ring (bicyclic) bond motifs is 1. The third kappa shape index (κ3) is 5.08. The van der Waals surface area contributed by atoms with Crippen LogP contribution in [-0.4, -0.2) is 41.4 Å². The van der Waals surface area contributed by atoms with Crippen molar-refractivity contribution in [2.45, 2.75) is 13.0 Å². The standard InChI is InChI=1S/C20H20N4O4S/c1-28-15-8-6-13(7-9-15)11-21-20(29)23-22-17(25)12-24-18(26)10-14-4-2-3-5-16(14)19(24)27/h2-9H,10-12H2,1H3,(H,22,25)(H2,21,23,29). The molecule has 0 spiro atoms. The summed E-state index contributed by atoms with van der Waals surface area (Å²) in [5, 5.41) is 3.15. The highest BCUT2D eigenvalue weighted by atomic mass is 32.1. The molecule has 0 unspecified atom stereocenters.